The minimum absolute atomic E-state index is 0.233. The maximum Gasteiger partial charge on any atom is 0.257 e. The zero-order valence-corrected chi connectivity index (χ0v) is 17.1. The summed E-state index contributed by atoms with van der Waals surface area (Å²) in [6, 6.07) is 14.1. The number of anilines is 2. The van der Waals surface area contributed by atoms with Gasteiger partial charge in [0.25, 0.3) is 11.8 Å². The number of methoxy groups -OCH3 is 1. The van der Waals surface area contributed by atoms with Gasteiger partial charge in [0.15, 0.2) is 0 Å². The number of carbonyl (C=O) groups excluding carboxylic acids is 2. The lowest BCUT2D eigenvalue weighted by Gasteiger charge is -2.11. The quantitative estimate of drug-likeness (QED) is 0.578. The predicted octanol–water partition coefficient (Wildman–Crippen LogP) is 5.13. The summed E-state index contributed by atoms with van der Waals surface area (Å²) in [5.41, 5.74) is 2.97. The van der Waals surface area contributed by atoms with Crippen molar-refractivity contribution in [3.8, 4) is 5.75 Å². The number of benzene rings is 2. The number of rotatable bonds is 6. The number of hydrogen-bond acceptors (Lipinski definition) is 4. The van der Waals surface area contributed by atoms with E-state index in [2.05, 4.69) is 15.6 Å². The molecule has 1 fully saturated rings. The Morgan fingerprint density at radius 3 is 2.57 bits per heavy atom. The number of aromatic nitrogens is 1. The van der Waals surface area contributed by atoms with Crippen LogP contribution in [0.25, 0.3) is 0 Å². The fourth-order valence-corrected chi connectivity index (χ4v) is 3.33. The lowest BCUT2D eigenvalue weighted by molar-refractivity contribution is 0.101. The number of nitrogens with one attached hydrogen (secondary N) is 2. The largest absolute Gasteiger partial charge is 0.495 e. The first-order chi connectivity index (χ1) is 14.5. The van der Waals surface area contributed by atoms with Gasteiger partial charge >= 0.3 is 0 Å². The first kappa shape index (κ1) is 19.9. The van der Waals surface area contributed by atoms with Gasteiger partial charge in [-0.25, -0.2) is 0 Å². The highest BCUT2D eigenvalue weighted by Crippen LogP contribution is 2.40. The van der Waals surface area contributed by atoms with Crippen LogP contribution in [0.15, 0.2) is 60.9 Å². The van der Waals surface area contributed by atoms with Crippen molar-refractivity contribution in [2.75, 3.05) is 17.7 Å². The van der Waals surface area contributed by atoms with Crippen molar-refractivity contribution in [2.45, 2.75) is 18.8 Å². The zero-order valence-electron chi connectivity index (χ0n) is 16.3. The van der Waals surface area contributed by atoms with Gasteiger partial charge in [-0.05, 0) is 54.7 Å². The molecular formula is C23H20ClN3O3. The van der Waals surface area contributed by atoms with Crippen LogP contribution in [0.3, 0.4) is 0 Å². The molecule has 0 atom stereocenters. The van der Waals surface area contributed by atoms with Crippen LogP contribution in [0.4, 0.5) is 11.4 Å². The molecule has 0 unspecified atom stereocenters. The molecule has 1 aliphatic carbocycles. The molecule has 152 valence electrons. The maximum atomic E-state index is 12.7. The second kappa shape index (κ2) is 8.55. The number of pyridine rings is 1. The van der Waals surface area contributed by atoms with Crippen molar-refractivity contribution in [1.82, 2.24) is 4.98 Å². The molecule has 1 aliphatic rings. The van der Waals surface area contributed by atoms with E-state index in [0.717, 1.165) is 0 Å². The molecule has 3 aromatic rings. The number of nitrogens with zero attached hydrogens (tertiary/aromatic N) is 1. The van der Waals surface area contributed by atoms with Gasteiger partial charge in [0.2, 0.25) is 0 Å². The highest BCUT2D eigenvalue weighted by Gasteiger charge is 2.24. The van der Waals surface area contributed by atoms with Gasteiger partial charge in [-0.3, -0.25) is 14.6 Å². The Labute approximate surface area is 179 Å². The first-order valence-electron chi connectivity index (χ1n) is 9.55. The van der Waals surface area contributed by atoms with E-state index in [4.69, 9.17) is 16.3 Å². The molecule has 0 spiro atoms. The van der Waals surface area contributed by atoms with Gasteiger partial charge in [0.1, 0.15) is 5.75 Å². The van der Waals surface area contributed by atoms with E-state index in [1.165, 1.54) is 37.9 Å². The molecule has 0 radical (unpaired) electrons. The van der Waals surface area contributed by atoms with E-state index in [1.807, 2.05) is 18.2 Å². The molecule has 4 rings (SSSR count). The average Bonchev–Trinajstić information content (AvgIpc) is 3.61. The molecule has 2 aromatic carbocycles. The van der Waals surface area contributed by atoms with Crippen molar-refractivity contribution < 1.29 is 14.3 Å². The smallest absolute Gasteiger partial charge is 0.257 e. The summed E-state index contributed by atoms with van der Waals surface area (Å²) in [6.07, 6.45) is 5.39. The normalized spacial score (nSPS) is 12.9. The number of ether oxygens (including phenoxy) is 1. The van der Waals surface area contributed by atoms with Gasteiger partial charge in [0, 0.05) is 17.3 Å². The molecule has 1 heterocycles. The van der Waals surface area contributed by atoms with Crippen LogP contribution in [0.1, 0.15) is 45.0 Å². The number of amides is 2. The van der Waals surface area contributed by atoms with Crippen LogP contribution in [0.2, 0.25) is 5.02 Å². The molecule has 6 nitrogen and oxygen atoms in total. The molecule has 0 bridgehead atoms. The third-order valence-electron chi connectivity index (χ3n) is 4.87. The van der Waals surface area contributed by atoms with Crippen LogP contribution in [0, 0.1) is 0 Å². The van der Waals surface area contributed by atoms with E-state index in [9.17, 15) is 9.59 Å². The van der Waals surface area contributed by atoms with Gasteiger partial charge in [-0.1, -0.05) is 23.7 Å². The summed E-state index contributed by atoms with van der Waals surface area (Å²) >= 11 is 6.22. The molecule has 0 saturated heterocycles. The third-order valence-corrected chi connectivity index (χ3v) is 5.20. The highest BCUT2D eigenvalue weighted by molar-refractivity contribution is 6.34. The molecule has 1 aromatic heterocycles. The molecule has 2 amide bonds. The zero-order chi connectivity index (χ0) is 21.1. The number of hydrogen-bond donors (Lipinski definition) is 2. The molecule has 0 aliphatic heterocycles. The Bertz CT molecular complexity index is 1110. The molecule has 2 N–H and O–H groups in total. The Balaban J connectivity index is 1.50. The summed E-state index contributed by atoms with van der Waals surface area (Å²) in [7, 11) is 1.52. The fraction of sp³-hybridized carbons (Fsp3) is 0.174. The van der Waals surface area contributed by atoms with Gasteiger partial charge in [-0.2, -0.15) is 0 Å². The minimum atomic E-state index is -0.415. The SMILES string of the molecule is COc1cncc(NC(=O)c2cc(NC(=O)c3cccc(C4CC4)c3)ccc2Cl)c1. The predicted molar refractivity (Wildman–Crippen MR) is 117 cm³/mol. The molecular weight excluding hydrogens is 402 g/mol. The molecule has 1 saturated carbocycles. The maximum absolute atomic E-state index is 12.7. The number of halogens is 1. The van der Waals surface area contributed by atoms with Crippen molar-refractivity contribution in [3.63, 3.8) is 0 Å². The van der Waals surface area contributed by atoms with Gasteiger partial charge < -0.3 is 15.4 Å². The topological polar surface area (TPSA) is 80.3 Å². The van der Waals surface area contributed by atoms with Crippen molar-refractivity contribution >= 4 is 34.8 Å². The number of carbonyl (C=O) groups is 2. The van der Waals surface area contributed by atoms with Gasteiger partial charge in [0.05, 0.1) is 35.8 Å². The third kappa shape index (κ3) is 4.60. The summed E-state index contributed by atoms with van der Waals surface area (Å²) in [5, 5.41) is 5.85. The van der Waals surface area contributed by atoms with Gasteiger partial charge in [-0.15, -0.1) is 0 Å². The Hall–Kier alpha value is -3.38. The lowest BCUT2D eigenvalue weighted by Crippen LogP contribution is -2.15. The van der Waals surface area contributed by atoms with Crippen molar-refractivity contribution in [3.05, 3.63) is 82.6 Å². The van der Waals surface area contributed by atoms with Crippen molar-refractivity contribution in [2.24, 2.45) is 0 Å². The fourth-order valence-electron chi connectivity index (χ4n) is 3.13. The summed E-state index contributed by atoms with van der Waals surface area (Å²) in [5.74, 6) is 0.438. The second-order valence-electron chi connectivity index (χ2n) is 7.12. The monoisotopic (exact) mass is 421 g/mol. The lowest BCUT2D eigenvalue weighted by atomic mass is 10.1. The Morgan fingerprint density at radius 1 is 1.00 bits per heavy atom. The molecule has 30 heavy (non-hydrogen) atoms. The standard InChI is InChI=1S/C23H20ClN3O3/c1-30-19-10-18(12-25-13-19)27-23(29)20-11-17(7-8-21(20)24)26-22(28)16-4-2-3-15(9-16)14-5-6-14/h2-4,7-14H,5-6H2,1H3,(H,26,28)(H,27,29). The summed E-state index contributed by atoms with van der Waals surface area (Å²) in [6.45, 7) is 0. The minimum Gasteiger partial charge on any atom is -0.495 e. The summed E-state index contributed by atoms with van der Waals surface area (Å²) < 4.78 is 5.11. The van der Waals surface area contributed by atoms with Crippen LogP contribution in [-0.4, -0.2) is 23.9 Å². The van der Waals surface area contributed by atoms with E-state index < -0.39 is 5.91 Å². The average molecular weight is 422 g/mol. The first-order valence-corrected chi connectivity index (χ1v) is 9.92. The van der Waals surface area contributed by atoms with E-state index >= 15 is 0 Å². The summed E-state index contributed by atoms with van der Waals surface area (Å²) in [4.78, 5) is 29.4. The van der Waals surface area contributed by atoms with Crippen LogP contribution >= 0.6 is 11.6 Å². The highest BCUT2D eigenvalue weighted by atomic mass is 35.5. The van der Waals surface area contributed by atoms with E-state index in [1.54, 1.807) is 30.3 Å². The Morgan fingerprint density at radius 2 is 1.80 bits per heavy atom. The van der Waals surface area contributed by atoms with Crippen LogP contribution in [-0.2, 0) is 0 Å². The molecule has 7 heteroatoms. The van der Waals surface area contributed by atoms with E-state index in [-0.39, 0.29) is 16.5 Å². The van der Waals surface area contributed by atoms with E-state index in [0.29, 0.717) is 28.6 Å². The van der Waals surface area contributed by atoms with Crippen LogP contribution < -0.4 is 15.4 Å². The van der Waals surface area contributed by atoms with Crippen LogP contribution in [0.5, 0.6) is 5.75 Å². The second-order valence-corrected chi connectivity index (χ2v) is 7.52. The Kier molecular flexibility index (Phi) is 5.68. The van der Waals surface area contributed by atoms with Crippen molar-refractivity contribution in [1.29, 1.82) is 0 Å².